The summed E-state index contributed by atoms with van der Waals surface area (Å²) in [7, 11) is -3.95. The van der Waals surface area contributed by atoms with Gasteiger partial charge in [0.05, 0.1) is 10.6 Å². The molecule has 0 bridgehead atoms. The molecule has 32 heavy (non-hydrogen) atoms. The van der Waals surface area contributed by atoms with Gasteiger partial charge in [0.25, 0.3) is 5.56 Å². The number of hydrogen-bond donors (Lipinski definition) is 0. The van der Waals surface area contributed by atoms with Crippen LogP contribution in [0.3, 0.4) is 0 Å². The maximum atomic E-state index is 13.6. The number of nitrogens with zero attached hydrogens (tertiary/aromatic N) is 2. The van der Waals surface area contributed by atoms with E-state index in [1.54, 1.807) is 43.3 Å². The molecule has 0 aliphatic heterocycles. The molecule has 4 rings (SSSR count). The fourth-order valence-corrected chi connectivity index (χ4v) is 6.48. The SMILES string of the molecule is Cc1ccc(S(=O)(=O)C2(C(=O)OCc3cc(=O)n4c(C)cccc4n3)CCCC2)cc1C. The van der Waals surface area contributed by atoms with Crippen molar-refractivity contribution in [1.82, 2.24) is 9.38 Å². The Balaban J connectivity index is 1.64. The zero-order chi connectivity index (χ0) is 23.1. The molecule has 0 N–H and O–H groups in total. The number of sulfone groups is 1. The van der Waals surface area contributed by atoms with Crippen molar-refractivity contribution in [3.63, 3.8) is 0 Å². The van der Waals surface area contributed by atoms with Crippen LogP contribution in [0, 0.1) is 20.8 Å². The molecule has 0 atom stereocenters. The van der Waals surface area contributed by atoms with Gasteiger partial charge in [-0.25, -0.2) is 13.4 Å². The molecule has 8 heteroatoms. The van der Waals surface area contributed by atoms with Crippen LogP contribution in [0.4, 0.5) is 0 Å². The highest BCUT2D eigenvalue weighted by atomic mass is 32.2. The largest absolute Gasteiger partial charge is 0.458 e. The molecule has 2 heterocycles. The lowest BCUT2D eigenvalue weighted by atomic mass is 10.1. The van der Waals surface area contributed by atoms with Gasteiger partial charge in [0.2, 0.25) is 0 Å². The van der Waals surface area contributed by atoms with Gasteiger partial charge in [-0.05, 0) is 69.0 Å². The van der Waals surface area contributed by atoms with Crippen LogP contribution < -0.4 is 5.56 Å². The first-order chi connectivity index (χ1) is 15.2. The van der Waals surface area contributed by atoms with Crippen molar-refractivity contribution in [3.8, 4) is 0 Å². The lowest BCUT2D eigenvalue weighted by molar-refractivity contribution is -0.148. The Morgan fingerprint density at radius 1 is 1.06 bits per heavy atom. The third kappa shape index (κ3) is 3.62. The van der Waals surface area contributed by atoms with E-state index in [0.717, 1.165) is 16.8 Å². The minimum Gasteiger partial charge on any atom is -0.458 e. The average molecular weight is 455 g/mol. The minimum absolute atomic E-state index is 0.136. The zero-order valence-electron chi connectivity index (χ0n) is 18.4. The first-order valence-electron chi connectivity index (χ1n) is 10.6. The predicted octanol–water partition coefficient (Wildman–Crippen LogP) is 3.45. The van der Waals surface area contributed by atoms with Crippen LogP contribution in [-0.2, 0) is 26.0 Å². The van der Waals surface area contributed by atoms with Crippen molar-refractivity contribution in [2.75, 3.05) is 0 Å². The Morgan fingerprint density at radius 2 is 1.78 bits per heavy atom. The summed E-state index contributed by atoms with van der Waals surface area (Å²) in [5, 5.41) is 0. The molecule has 7 nitrogen and oxygen atoms in total. The molecule has 0 radical (unpaired) electrons. The normalized spacial score (nSPS) is 15.7. The van der Waals surface area contributed by atoms with E-state index in [4.69, 9.17) is 4.74 Å². The highest BCUT2D eigenvalue weighted by Gasteiger charge is 2.54. The van der Waals surface area contributed by atoms with Crippen molar-refractivity contribution in [2.45, 2.75) is 62.7 Å². The summed E-state index contributed by atoms with van der Waals surface area (Å²) in [6.45, 7) is 5.30. The number of carbonyl (C=O) groups is 1. The van der Waals surface area contributed by atoms with Crippen molar-refractivity contribution in [1.29, 1.82) is 0 Å². The van der Waals surface area contributed by atoms with Gasteiger partial charge in [-0.1, -0.05) is 25.0 Å². The van der Waals surface area contributed by atoms with Crippen LogP contribution >= 0.6 is 0 Å². The average Bonchev–Trinajstić information content (AvgIpc) is 3.25. The number of rotatable bonds is 5. The van der Waals surface area contributed by atoms with E-state index in [-0.39, 0.29) is 35.6 Å². The smallest absolute Gasteiger partial charge is 0.328 e. The van der Waals surface area contributed by atoms with Gasteiger partial charge in [0.1, 0.15) is 12.3 Å². The predicted molar refractivity (Wildman–Crippen MR) is 120 cm³/mol. The molecule has 168 valence electrons. The Morgan fingerprint density at radius 3 is 2.47 bits per heavy atom. The van der Waals surface area contributed by atoms with E-state index < -0.39 is 20.6 Å². The molecule has 2 aromatic heterocycles. The van der Waals surface area contributed by atoms with Gasteiger partial charge in [0, 0.05) is 11.8 Å². The molecule has 0 spiro atoms. The zero-order valence-corrected chi connectivity index (χ0v) is 19.2. The molecule has 1 aliphatic carbocycles. The van der Waals surface area contributed by atoms with E-state index in [1.165, 1.54) is 10.5 Å². The van der Waals surface area contributed by atoms with Gasteiger partial charge in [-0.2, -0.15) is 0 Å². The van der Waals surface area contributed by atoms with Gasteiger partial charge in [-0.3, -0.25) is 14.0 Å². The first-order valence-corrected chi connectivity index (χ1v) is 12.1. The van der Waals surface area contributed by atoms with Gasteiger partial charge in [-0.15, -0.1) is 0 Å². The fourth-order valence-electron chi connectivity index (χ4n) is 4.34. The second-order valence-electron chi connectivity index (χ2n) is 8.47. The number of aryl methyl sites for hydroxylation is 3. The molecule has 3 aromatic rings. The fraction of sp³-hybridized carbons (Fsp3) is 0.375. The summed E-state index contributed by atoms with van der Waals surface area (Å²) in [5.74, 6) is -0.778. The van der Waals surface area contributed by atoms with Crippen molar-refractivity contribution >= 4 is 21.5 Å². The van der Waals surface area contributed by atoms with Crippen LogP contribution in [0.2, 0.25) is 0 Å². The van der Waals surface area contributed by atoms with E-state index in [2.05, 4.69) is 4.98 Å². The second-order valence-corrected chi connectivity index (χ2v) is 10.7. The van der Waals surface area contributed by atoms with Gasteiger partial charge in [0.15, 0.2) is 14.6 Å². The van der Waals surface area contributed by atoms with Crippen molar-refractivity contribution in [3.05, 3.63) is 75.3 Å². The molecule has 1 aromatic carbocycles. The van der Waals surface area contributed by atoms with E-state index in [1.807, 2.05) is 13.8 Å². The summed E-state index contributed by atoms with van der Waals surface area (Å²) >= 11 is 0. The number of esters is 1. The molecule has 0 saturated heterocycles. The summed E-state index contributed by atoms with van der Waals surface area (Å²) in [5.41, 5.74) is 3.03. The van der Waals surface area contributed by atoms with Crippen LogP contribution in [0.15, 0.2) is 52.2 Å². The number of ether oxygens (including phenoxy) is 1. The summed E-state index contributed by atoms with van der Waals surface area (Å²) in [6.07, 6.45) is 1.70. The molecule has 0 unspecified atom stereocenters. The second kappa shape index (κ2) is 8.16. The Labute approximate surface area is 187 Å². The number of benzene rings is 1. The lowest BCUT2D eigenvalue weighted by Crippen LogP contribution is -2.45. The number of hydrogen-bond acceptors (Lipinski definition) is 6. The lowest BCUT2D eigenvalue weighted by Gasteiger charge is -2.27. The molecule has 0 amide bonds. The summed E-state index contributed by atoms with van der Waals surface area (Å²) < 4.78 is 32.5. The van der Waals surface area contributed by atoms with Gasteiger partial charge >= 0.3 is 5.97 Å². The number of carbonyl (C=O) groups excluding carboxylic acids is 1. The van der Waals surface area contributed by atoms with E-state index >= 15 is 0 Å². The third-order valence-corrected chi connectivity index (χ3v) is 8.85. The third-order valence-electron chi connectivity index (χ3n) is 6.37. The standard InChI is InChI=1S/C24H26N2O5S/c1-16-9-10-20(13-17(16)2)32(29,30)24(11-4-5-12-24)23(28)31-15-19-14-22(27)26-18(3)7-6-8-21(26)25-19/h6-10,13-14H,4-5,11-12,15H2,1-3H3. The molecule has 1 aliphatic rings. The van der Waals surface area contributed by atoms with Crippen molar-refractivity contribution in [2.24, 2.45) is 0 Å². The van der Waals surface area contributed by atoms with E-state index in [9.17, 15) is 18.0 Å². The molecule has 1 fully saturated rings. The van der Waals surface area contributed by atoms with Crippen LogP contribution in [-0.4, -0.2) is 28.5 Å². The monoisotopic (exact) mass is 454 g/mol. The minimum atomic E-state index is -3.95. The van der Waals surface area contributed by atoms with Crippen LogP contribution in [0.1, 0.15) is 48.2 Å². The maximum absolute atomic E-state index is 13.6. The van der Waals surface area contributed by atoms with Gasteiger partial charge < -0.3 is 4.74 Å². The van der Waals surface area contributed by atoms with Crippen molar-refractivity contribution < 1.29 is 17.9 Å². The quantitative estimate of drug-likeness (QED) is 0.548. The summed E-state index contributed by atoms with van der Waals surface area (Å²) in [6, 6.07) is 11.5. The Hall–Kier alpha value is -3.00. The highest BCUT2D eigenvalue weighted by Crippen LogP contribution is 2.42. The molecular formula is C24H26N2O5S. The first kappa shape index (κ1) is 22.2. The van der Waals surface area contributed by atoms with Crippen LogP contribution in [0.25, 0.3) is 5.65 Å². The topological polar surface area (TPSA) is 94.8 Å². The highest BCUT2D eigenvalue weighted by molar-refractivity contribution is 7.93. The summed E-state index contributed by atoms with van der Waals surface area (Å²) in [4.78, 5) is 30.2. The van der Waals surface area contributed by atoms with E-state index in [0.29, 0.717) is 18.5 Å². The Kier molecular flexibility index (Phi) is 5.67. The Bertz CT molecular complexity index is 1370. The molecule has 1 saturated carbocycles. The number of pyridine rings is 1. The molecular weight excluding hydrogens is 428 g/mol. The number of aromatic nitrogens is 2. The maximum Gasteiger partial charge on any atom is 0.328 e. The van der Waals surface area contributed by atoms with Crippen LogP contribution in [0.5, 0.6) is 0 Å². The number of fused-ring (bicyclic) bond motifs is 1.